The van der Waals surface area contributed by atoms with E-state index in [1.54, 1.807) is 12.1 Å². The molecular formula is C14H11BrO3S. The number of hydrogen-bond donors (Lipinski definition) is 1. The summed E-state index contributed by atoms with van der Waals surface area (Å²) in [6, 6.07) is 13.7. The molecule has 1 N–H and O–H groups in total. The van der Waals surface area contributed by atoms with Crippen molar-refractivity contribution in [3.05, 3.63) is 64.1 Å². The number of aromatic carboxylic acids is 1. The summed E-state index contributed by atoms with van der Waals surface area (Å²) in [5, 5.41) is 8.80. The molecule has 0 aliphatic heterocycles. The van der Waals surface area contributed by atoms with E-state index in [9.17, 15) is 9.00 Å². The Bertz CT molecular complexity index is 623. The number of hydrogen-bond acceptors (Lipinski definition) is 2. The fourth-order valence-corrected chi connectivity index (χ4v) is 3.34. The van der Waals surface area contributed by atoms with Gasteiger partial charge in [-0.05, 0) is 35.9 Å². The molecule has 0 radical (unpaired) electrons. The Morgan fingerprint density at radius 3 is 2.32 bits per heavy atom. The van der Waals surface area contributed by atoms with E-state index in [0.29, 0.717) is 10.6 Å². The summed E-state index contributed by atoms with van der Waals surface area (Å²) in [6.07, 6.45) is 0. The Morgan fingerprint density at radius 2 is 1.74 bits per heavy atom. The first-order chi connectivity index (χ1) is 9.08. The molecule has 0 amide bonds. The number of carboxylic acids is 1. The Morgan fingerprint density at radius 1 is 1.11 bits per heavy atom. The van der Waals surface area contributed by atoms with Gasteiger partial charge < -0.3 is 5.11 Å². The molecule has 0 saturated carbocycles. The van der Waals surface area contributed by atoms with Gasteiger partial charge in [0.15, 0.2) is 0 Å². The van der Waals surface area contributed by atoms with Crippen molar-refractivity contribution in [3.8, 4) is 0 Å². The van der Waals surface area contributed by atoms with Gasteiger partial charge in [0.05, 0.1) is 22.1 Å². The van der Waals surface area contributed by atoms with E-state index in [-0.39, 0.29) is 5.56 Å². The minimum Gasteiger partial charge on any atom is -0.478 e. The van der Waals surface area contributed by atoms with E-state index < -0.39 is 16.8 Å². The first-order valence-corrected chi connectivity index (χ1v) is 7.64. The Hall–Kier alpha value is -1.46. The molecule has 98 valence electrons. The first-order valence-electron chi connectivity index (χ1n) is 5.53. The lowest BCUT2D eigenvalue weighted by Crippen LogP contribution is -1.99. The van der Waals surface area contributed by atoms with Crippen LogP contribution in [0.4, 0.5) is 0 Å². The summed E-state index contributed by atoms with van der Waals surface area (Å²) < 4.78 is 13.1. The van der Waals surface area contributed by atoms with Crippen molar-refractivity contribution < 1.29 is 14.1 Å². The molecule has 0 aliphatic rings. The van der Waals surface area contributed by atoms with E-state index in [1.165, 1.54) is 12.1 Å². The molecule has 19 heavy (non-hydrogen) atoms. The second kappa shape index (κ2) is 6.12. The van der Waals surface area contributed by atoms with Crippen molar-refractivity contribution in [1.29, 1.82) is 0 Å². The predicted molar refractivity (Wildman–Crippen MR) is 77.7 cm³/mol. The van der Waals surface area contributed by atoms with Gasteiger partial charge in [-0.3, -0.25) is 4.21 Å². The SMILES string of the molecule is O=C(O)c1ccc(S(=O)Cc2ccccc2Br)cc1. The van der Waals surface area contributed by atoms with Crippen LogP contribution in [0.3, 0.4) is 0 Å². The van der Waals surface area contributed by atoms with Gasteiger partial charge in [0, 0.05) is 9.37 Å². The van der Waals surface area contributed by atoms with Crippen LogP contribution in [0.25, 0.3) is 0 Å². The molecule has 1 atom stereocenters. The van der Waals surface area contributed by atoms with Gasteiger partial charge in [-0.1, -0.05) is 34.1 Å². The Balaban J connectivity index is 2.16. The zero-order chi connectivity index (χ0) is 13.8. The van der Waals surface area contributed by atoms with E-state index >= 15 is 0 Å². The van der Waals surface area contributed by atoms with Crippen molar-refractivity contribution in [3.63, 3.8) is 0 Å². The second-order valence-corrected chi connectivity index (χ2v) is 6.22. The molecule has 3 nitrogen and oxygen atoms in total. The number of carboxylic acid groups (broad SMARTS) is 1. The lowest BCUT2D eigenvalue weighted by atomic mass is 10.2. The molecule has 0 bridgehead atoms. The zero-order valence-electron chi connectivity index (χ0n) is 9.88. The standard InChI is InChI=1S/C14H11BrO3S/c15-13-4-2-1-3-11(13)9-19(18)12-7-5-10(6-8-12)14(16)17/h1-8H,9H2,(H,16,17). The summed E-state index contributed by atoms with van der Waals surface area (Å²) >= 11 is 3.42. The van der Waals surface area contributed by atoms with Gasteiger partial charge in [-0.25, -0.2) is 4.79 Å². The zero-order valence-corrected chi connectivity index (χ0v) is 12.3. The van der Waals surface area contributed by atoms with Crippen molar-refractivity contribution in [1.82, 2.24) is 0 Å². The van der Waals surface area contributed by atoms with Crippen LogP contribution in [0.1, 0.15) is 15.9 Å². The number of benzene rings is 2. The van der Waals surface area contributed by atoms with E-state index in [4.69, 9.17) is 5.11 Å². The van der Waals surface area contributed by atoms with Crippen LogP contribution in [0.2, 0.25) is 0 Å². The molecule has 0 spiro atoms. The summed E-state index contributed by atoms with van der Waals surface area (Å²) in [7, 11) is -1.19. The van der Waals surface area contributed by atoms with Gasteiger partial charge >= 0.3 is 5.97 Å². The van der Waals surface area contributed by atoms with Crippen LogP contribution in [0.5, 0.6) is 0 Å². The lowest BCUT2D eigenvalue weighted by Gasteiger charge is -2.05. The third kappa shape index (κ3) is 3.52. The second-order valence-electron chi connectivity index (χ2n) is 3.91. The lowest BCUT2D eigenvalue weighted by molar-refractivity contribution is 0.0697. The maximum atomic E-state index is 12.2. The fourth-order valence-electron chi connectivity index (χ4n) is 1.59. The third-order valence-corrected chi connectivity index (χ3v) is 4.75. The van der Waals surface area contributed by atoms with Gasteiger partial charge in [0.2, 0.25) is 0 Å². The largest absolute Gasteiger partial charge is 0.478 e. The Labute approximate surface area is 121 Å². The fraction of sp³-hybridized carbons (Fsp3) is 0.0714. The van der Waals surface area contributed by atoms with E-state index in [2.05, 4.69) is 15.9 Å². The molecule has 2 rings (SSSR count). The van der Waals surface area contributed by atoms with Crippen LogP contribution in [-0.2, 0) is 16.6 Å². The van der Waals surface area contributed by atoms with Gasteiger partial charge in [-0.15, -0.1) is 0 Å². The first kappa shape index (κ1) is 14.0. The molecule has 2 aromatic carbocycles. The Kier molecular flexibility index (Phi) is 4.50. The molecule has 0 fully saturated rings. The third-order valence-electron chi connectivity index (χ3n) is 2.61. The highest BCUT2D eigenvalue weighted by Crippen LogP contribution is 2.20. The molecule has 0 aromatic heterocycles. The van der Waals surface area contributed by atoms with Crippen molar-refractivity contribution in [2.75, 3.05) is 0 Å². The molecule has 0 aliphatic carbocycles. The minimum atomic E-state index is -1.19. The van der Waals surface area contributed by atoms with Crippen LogP contribution < -0.4 is 0 Å². The number of halogens is 1. The average molecular weight is 339 g/mol. The van der Waals surface area contributed by atoms with Gasteiger partial charge in [0.25, 0.3) is 0 Å². The molecule has 5 heteroatoms. The van der Waals surface area contributed by atoms with Gasteiger partial charge in [0.1, 0.15) is 0 Å². The molecule has 2 aromatic rings. The van der Waals surface area contributed by atoms with Crippen LogP contribution in [-0.4, -0.2) is 15.3 Å². The normalized spacial score (nSPS) is 12.1. The predicted octanol–water partition coefficient (Wildman–Crippen LogP) is 3.46. The maximum Gasteiger partial charge on any atom is 0.335 e. The monoisotopic (exact) mass is 338 g/mol. The van der Waals surface area contributed by atoms with Crippen molar-refractivity contribution in [2.24, 2.45) is 0 Å². The van der Waals surface area contributed by atoms with Crippen LogP contribution in [0.15, 0.2) is 57.9 Å². The minimum absolute atomic E-state index is 0.196. The van der Waals surface area contributed by atoms with E-state index in [0.717, 1.165) is 10.0 Å². The highest BCUT2D eigenvalue weighted by atomic mass is 79.9. The van der Waals surface area contributed by atoms with Crippen LogP contribution in [0, 0.1) is 0 Å². The van der Waals surface area contributed by atoms with Crippen molar-refractivity contribution in [2.45, 2.75) is 10.6 Å². The highest BCUT2D eigenvalue weighted by Gasteiger charge is 2.09. The van der Waals surface area contributed by atoms with Crippen LogP contribution >= 0.6 is 15.9 Å². The molecule has 1 unspecified atom stereocenters. The highest BCUT2D eigenvalue weighted by molar-refractivity contribution is 9.10. The van der Waals surface area contributed by atoms with E-state index in [1.807, 2.05) is 24.3 Å². The summed E-state index contributed by atoms with van der Waals surface area (Å²) in [5.74, 6) is -0.587. The smallest absolute Gasteiger partial charge is 0.335 e. The number of carbonyl (C=O) groups is 1. The number of rotatable bonds is 4. The average Bonchev–Trinajstić information content (AvgIpc) is 2.41. The summed E-state index contributed by atoms with van der Waals surface area (Å²) in [6.45, 7) is 0. The molecule has 0 heterocycles. The quantitative estimate of drug-likeness (QED) is 0.928. The topological polar surface area (TPSA) is 54.4 Å². The summed E-state index contributed by atoms with van der Waals surface area (Å²) in [5.41, 5.74) is 1.16. The molecule has 0 saturated heterocycles. The summed E-state index contributed by atoms with van der Waals surface area (Å²) in [4.78, 5) is 11.4. The van der Waals surface area contributed by atoms with Gasteiger partial charge in [-0.2, -0.15) is 0 Å². The molecular weight excluding hydrogens is 328 g/mol. The maximum absolute atomic E-state index is 12.2. The van der Waals surface area contributed by atoms with Crippen molar-refractivity contribution >= 4 is 32.7 Å².